The van der Waals surface area contributed by atoms with Crippen LogP contribution in [0.25, 0.3) is 0 Å². The minimum Gasteiger partial charge on any atom is -0.326 e. The van der Waals surface area contributed by atoms with Gasteiger partial charge >= 0.3 is 5.69 Å². The van der Waals surface area contributed by atoms with Gasteiger partial charge in [-0.25, -0.2) is 9.89 Å². The standard InChI is InChI=1S/C18H24N4O3S/c1-5-10-22-17(25)20-21-18(22)26-12(4)15(23)13-6-8-14(9-7-13)19-16(24)11(2)3/h6-9,11-12H,5,10H2,1-4H3,(H,19,24)(H,20,25)/t12-/m0/s1. The summed E-state index contributed by atoms with van der Waals surface area (Å²) in [4.78, 5) is 36.1. The van der Waals surface area contributed by atoms with Crippen LogP contribution in [0.15, 0.2) is 34.2 Å². The number of aromatic amines is 1. The first kappa shape index (κ1) is 20.0. The predicted molar refractivity (Wildman–Crippen MR) is 103 cm³/mol. The normalized spacial score (nSPS) is 12.2. The van der Waals surface area contributed by atoms with E-state index in [2.05, 4.69) is 15.5 Å². The second-order valence-electron chi connectivity index (χ2n) is 6.31. The fraction of sp³-hybridized carbons (Fsp3) is 0.444. The largest absolute Gasteiger partial charge is 0.343 e. The lowest BCUT2D eigenvalue weighted by Gasteiger charge is -2.11. The van der Waals surface area contributed by atoms with Crippen molar-refractivity contribution in [1.29, 1.82) is 0 Å². The van der Waals surface area contributed by atoms with Crippen LogP contribution in [0, 0.1) is 5.92 Å². The molecule has 1 aromatic heterocycles. The third-order valence-electron chi connectivity index (χ3n) is 3.78. The summed E-state index contributed by atoms with van der Waals surface area (Å²) in [5.41, 5.74) is 0.941. The summed E-state index contributed by atoms with van der Waals surface area (Å²) in [6.45, 7) is 7.96. The van der Waals surface area contributed by atoms with Gasteiger partial charge in [0.15, 0.2) is 10.9 Å². The summed E-state index contributed by atoms with van der Waals surface area (Å²) >= 11 is 1.25. The maximum absolute atomic E-state index is 12.6. The number of thioether (sulfide) groups is 1. The first-order chi connectivity index (χ1) is 12.3. The molecule has 0 aliphatic rings. The minimum atomic E-state index is -0.392. The van der Waals surface area contributed by atoms with Crippen molar-refractivity contribution in [2.75, 3.05) is 5.32 Å². The SMILES string of the molecule is CCCn1c(S[C@@H](C)C(=O)c2ccc(NC(=O)C(C)C)cc2)n[nH]c1=O. The quantitative estimate of drug-likeness (QED) is 0.545. The molecule has 0 fully saturated rings. The molecule has 2 N–H and O–H groups in total. The lowest BCUT2D eigenvalue weighted by Crippen LogP contribution is -2.19. The Hall–Kier alpha value is -2.35. The minimum absolute atomic E-state index is 0.0600. The van der Waals surface area contributed by atoms with Crippen molar-refractivity contribution >= 4 is 29.1 Å². The van der Waals surface area contributed by atoms with Crippen LogP contribution in [-0.2, 0) is 11.3 Å². The zero-order chi connectivity index (χ0) is 19.3. The summed E-state index contributed by atoms with van der Waals surface area (Å²) in [5.74, 6) is -0.238. The number of carbonyl (C=O) groups is 2. The van der Waals surface area contributed by atoms with Crippen LogP contribution >= 0.6 is 11.8 Å². The highest BCUT2D eigenvalue weighted by Crippen LogP contribution is 2.24. The molecule has 0 spiro atoms. The molecule has 0 saturated heterocycles. The fourth-order valence-corrected chi connectivity index (χ4v) is 3.22. The second-order valence-corrected chi connectivity index (χ2v) is 7.62. The van der Waals surface area contributed by atoms with Gasteiger partial charge in [0.1, 0.15) is 0 Å². The van der Waals surface area contributed by atoms with E-state index in [4.69, 9.17) is 0 Å². The van der Waals surface area contributed by atoms with Gasteiger partial charge in [-0.2, -0.15) is 0 Å². The number of benzene rings is 1. The lowest BCUT2D eigenvalue weighted by atomic mass is 10.1. The molecule has 140 valence electrons. The number of Topliss-reactive ketones (excluding diaryl/α,β-unsaturated/α-hetero) is 1. The fourth-order valence-electron chi connectivity index (χ4n) is 2.26. The number of hydrogen-bond donors (Lipinski definition) is 2. The van der Waals surface area contributed by atoms with Gasteiger partial charge in [-0.15, -0.1) is 5.10 Å². The molecule has 0 saturated carbocycles. The summed E-state index contributed by atoms with van der Waals surface area (Å²) < 4.78 is 1.54. The van der Waals surface area contributed by atoms with Crippen molar-refractivity contribution in [3.63, 3.8) is 0 Å². The Morgan fingerprint density at radius 1 is 1.23 bits per heavy atom. The highest BCUT2D eigenvalue weighted by atomic mass is 32.2. The van der Waals surface area contributed by atoms with E-state index in [1.165, 1.54) is 11.8 Å². The molecule has 8 heteroatoms. The van der Waals surface area contributed by atoms with Crippen molar-refractivity contribution in [3.05, 3.63) is 40.3 Å². The summed E-state index contributed by atoms with van der Waals surface area (Å²) in [6.07, 6.45) is 0.804. The monoisotopic (exact) mass is 376 g/mol. The Bertz CT molecular complexity index is 824. The molecule has 26 heavy (non-hydrogen) atoms. The van der Waals surface area contributed by atoms with E-state index in [9.17, 15) is 14.4 Å². The molecule has 0 bridgehead atoms. The van der Waals surface area contributed by atoms with Gasteiger partial charge in [0.25, 0.3) is 0 Å². The molecule has 0 aliphatic heterocycles. The van der Waals surface area contributed by atoms with Crippen LogP contribution in [-0.4, -0.2) is 31.7 Å². The molecule has 0 unspecified atom stereocenters. The Morgan fingerprint density at radius 2 is 1.88 bits per heavy atom. The average Bonchev–Trinajstić information content (AvgIpc) is 2.95. The van der Waals surface area contributed by atoms with E-state index >= 15 is 0 Å². The van der Waals surface area contributed by atoms with Crippen LogP contribution in [0.5, 0.6) is 0 Å². The zero-order valence-corrected chi connectivity index (χ0v) is 16.2. The molecule has 2 aromatic rings. The molecule has 1 amide bonds. The topological polar surface area (TPSA) is 96.8 Å². The van der Waals surface area contributed by atoms with Gasteiger partial charge in [0, 0.05) is 23.7 Å². The van der Waals surface area contributed by atoms with Gasteiger partial charge in [0.2, 0.25) is 5.91 Å². The highest BCUT2D eigenvalue weighted by molar-refractivity contribution is 8.00. The van der Waals surface area contributed by atoms with E-state index in [-0.39, 0.29) is 23.3 Å². The molecule has 0 radical (unpaired) electrons. The molecular weight excluding hydrogens is 352 g/mol. The van der Waals surface area contributed by atoms with E-state index in [0.717, 1.165) is 6.42 Å². The van der Waals surface area contributed by atoms with E-state index in [0.29, 0.717) is 23.0 Å². The number of ketones is 1. The number of H-pyrrole nitrogens is 1. The molecular formula is C18H24N4O3S. The number of hydrogen-bond acceptors (Lipinski definition) is 5. The van der Waals surface area contributed by atoms with Gasteiger partial charge in [0.05, 0.1) is 5.25 Å². The predicted octanol–water partition coefficient (Wildman–Crippen LogP) is 2.94. The van der Waals surface area contributed by atoms with Crippen molar-refractivity contribution < 1.29 is 9.59 Å². The molecule has 2 rings (SSSR count). The van der Waals surface area contributed by atoms with Crippen molar-refractivity contribution in [3.8, 4) is 0 Å². The van der Waals surface area contributed by atoms with Crippen molar-refractivity contribution in [2.24, 2.45) is 5.92 Å². The van der Waals surface area contributed by atoms with Crippen molar-refractivity contribution in [1.82, 2.24) is 14.8 Å². The van der Waals surface area contributed by atoms with Gasteiger partial charge in [-0.05, 0) is 37.6 Å². The van der Waals surface area contributed by atoms with Gasteiger partial charge in [-0.1, -0.05) is 32.5 Å². The highest BCUT2D eigenvalue weighted by Gasteiger charge is 2.20. The first-order valence-corrected chi connectivity index (χ1v) is 9.48. The number of nitrogens with one attached hydrogen (secondary N) is 2. The number of anilines is 1. The van der Waals surface area contributed by atoms with Crippen LogP contribution in [0.4, 0.5) is 5.69 Å². The second kappa shape index (κ2) is 8.84. The van der Waals surface area contributed by atoms with Gasteiger partial charge < -0.3 is 5.32 Å². The maximum Gasteiger partial charge on any atom is 0.343 e. The number of rotatable bonds is 8. The van der Waals surface area contributed by atoms with E-state index in [1.54, 1.807) is 35.8 Å². The first-order valence-electron chi connectivity index (χ1n) is 8.60. The molecule has 1 aromatic carbocycles. The molecule has 1 heterocycles. The zero-order valence-electron chi connectivity index (χ0n) is 15.4. The Kier molecular flexibility index (Phi) is 6.79. The number of carbonyl (C=O) groups excluding carboxylic acids is 2. The van der Waals surface area contributed by atoms with Crippen LogP contribution < -0.4 is 11.0 Å². The van der Waals surface area contributed by atoms with E-state index in [1.807, 2.05) is 20.8 Å². The maximum atomic E-state index is 12.6. The molecule has 7 nitrogen and oxygen atoms in total. The molecule has 1 atom stereocenters. The number of amides is 1. The van der Waals surface area contributed by atoms with Gasteiger partial charge in [-0.3, -0.25) is 14.2 Å². The van der Waals surface area contributed by atoms with Crippen molar-refractivity contribution in [2.45, 2.75) is 51.1 Å². The number of nitrogens with zero attached hydrogens (tertiary/aromatic N) is 2. The van der Waals surface area contributed by atoms with E-state index < -0.39 is 5.25 Å². The third-order valence-corrected chi connectivity index (χ3v) is 4.87. The summed E-state index contributed by atoms with van der Waals surface area (Å²) in [6, 6.07) is 6.82. The third kappa shape index (κ3) is 4.85. The lowest BCUT2D eigenvalue weighted by molar-refractivity contribution is -0.118. The summed E-state index contributed by atoms with van der Waals surface area (Å²) in [7, 11) is 0. The van der Waals surface area contributed by atoms with Crippen LogP contribution in [0.1, 0.15) is 44.5 Å². The van der Waals surface area contributed by atoms with Crippen LogP contribution in [0.3, 0.4) is 0 Å². The average molecular weight is 376 g/mol. The molecule has 0 aliphatic carbocycles. The van der Waals surface area contributed by atoms with Crippen LogP contribution in [0.2, 0.25) is 0 Å². The Balaban J connectivity index is 2.06. The Labute approximate surface area is 156 Å². The number of aromatic nitrogens is 3. The summed E-state index contributed by atoms with van der Waals surface area (Å²) in [5, 5.41) is 9.34. The Morgan fingerprint density at radius 3 is 2.46 bits per heavy atom. The smallest absolute Gasteiger partial charge is 0.326 e.